The SMILES string of the molecule is C=C(C)CNCc1ccc([N+](=O)[O-])cc1. The molecule has 15 heavy (non-hydrogen) atoms. The van der Waals surface area contributed by atoms with E-state index in [1.807, 2.05) is 6.92 Å². The summed E-state index contributed by atoms with van der Waals surface area (Å²) >= 11 is 0. The fraction of sp³-hybridized carbons (Fsp3) is 0.273. The summed E-state index contributed by atoms with van der Waals surface area (Å²) in [5.74, 6) is 0. The van der Waals surface area contributed by atoms with Crippen LogP contribution in [0.15, 0.2) is 36.4 Å². The van der Waals surface area contributed by atoms with Crippen LogP contribution in [0.2, 0.25) is 0 Å². The fourth-order valence-electron chi connectivity index (χ4n) is 1.16. The van der Waals surface area contributed by atoms with Gasteiger partial charge in [-0.2, -0.15) is 0 Å². The number of nitrogens with zero attached hydrogens (tertiary/aromatic N) is 1. The minimum absolute atomic E-state index is 0.124. The molecular formula is C11H14N2O2. The minimum Gasteiger partial charge on any atom is -0.309 e. The van der Waals surface area contributed by atoms with Crippen molar-refractivity contribution in [2.45, 2.75) is 13.5 Å². The Labute approximate surface area is 88.8 Å². The quantitative estimate of drug-likeness (QED) is 0.456. The lowest BCUT2D eigenvalue weighted by atomic mass is 10.2. The van der Waals surface area contributed by atoms with Crippen molar-refractivity contribution in [1.29, 1.82) is 0 Å². The number of nitro benzene ring substituents is 1. The summed E-state index contributed by atoms with van der Waals surface area (Å²) in [4.78, 5) is 10.00. The topological polar surface area (TPSA) is 55.2 Å². The van der Waals surface area contributed by atoms with Crippen molar-refractivity contribution in [2.24, 2.45) is 0 Å². The van der Waals surface area contributed by atoms with E-state index < -0.39 is 4.92 Å². The van der Waals surface area contributed by atoms with Crippen LogP contribution in [0.4, 0.5) is 5.69 Å². The first-order valence-corrected chi connectivity index (χ1v) is 4.68. The molecule has 0 heterocycles. The van der Waals surface area contributed by atoms with Gasteiger partial charge in [0.2, 0.25) is 0 Å². The molecule has 0 aromatic heterocycles. The first-order chi connectivity index (χ1) is 7.09. The molecule has 0 aliphatic rings. The molecule has 4 nitrogen and oxygen atoms in total. The largest absolute Gasteiger partial charge is 0.309 e. The van der Waals surface area contributed by atoms with E-state index in [2.05, 4.69) is 11.9 Å². The van der Waals surface area contributed by atoms with E-state index >= 15 is 0 Å². The molecule has 1 aromatic carbocycles. The summed E-state index contributed by atoms with van der Waals surface area (Å²) in [5.41, 5.74) is 2.22. The smallest absolute Gasteiger partial charge is 0.269 e. The molecule has 0 amide bonds. The highest BCUT2D eigenvalue weighted by molar-refractivity contribution is 5.32. The van der Waals surface area contributed by atoms with Gasteiger partial charge >= 0.3 is 0 Å². The molecule has 4 heteroatoms. The number of hydrogen-bond donors (Lipinski definition) is 1. The number of non-ortho nitro benzene ring substituents is 1. The summed E-state index contributed by atoms with van der Waals surface area (Å²) in [5, 5.41) is 13.6. The van der Waals surface area contributed by atoms with Gasteiger partial charge in [-0.05, 0) is 12.5 Å². The molecule has 0 saturated carbocycles. The normalized spacial score (nSPS) is 9.93. The molecule has 0 spiro atoms. The van der Waals surface area contributed by atoms with Crippen LogP contribution >= 0.6 is 0 Å². The third-order valence-electron chi connectivity index (χ3n) is 1.90. The van der Waals surface area contributed by atoms with Crippen LogP contribution < -0.4 is 5.32 Å². The minimum atomic E-state index is -0.398. The first kappa shape index (κ1) is 11.4. The van der Waals surface area contributed by atoms with Gasteiger partial charge in [0.05, 0.1) is 4.92 Å². The molecular weight excluding hydrogens is 192 g/mol. The molecule has 0 bridgehead atoms. The van der Waals surface area contributed by atoms with E-state index in [9.17, 15) is 10.1 Å². The average Bonchev–Trinajstić information content (AvgIpc) is 2.18. The standard InChI is InChI=1S/C11H14N2O2/c1-9(2)7-12-8-10-3-5-11(6-4-10)13(14)15/h3-6,12H,1,7-8H2,2H3. The Kier molecular flexibility index (Phi) is 4.00. The molecule has 0 unspecified atom stereocenters. The van der Waals surface area contributed by atoms with Crippen molar-refractivity contribution in [3.05, 3.63) is 52.1 Å². The molecule has 0 atom stereocenters. The van der Waals surface area contributed by atoms with Crippen LogP contribution in [0, 0.1) is 10.1 Å². The van der Waals surface area contributed by atoms with Crippen molar-refractivity contribution >= 4 is 5.69 Å². The third kappa shape index (κ3) is 3.91. The van der Waals surface area contributed by atoms with E-state index in [-0.39, 0.29) is 5.69 Å². The van der Waals surface area contributed by atoms with Crippen molar-refractivity contribution in [2.75, 3.05) is 6.54 Å². The molecule has 1 N–H and O–H groups in total. The van der Waals surface area contributed by atoms with Gasteiger partial charge in [-0.1, -0.05) is 24.3 Å². The summed E-state index contributed by atoms with van der Waals surface area (Å²) in [6.45, 7) is 7.18. The second kappa shape index (κ2) is 5.26. The van der Waals surface area contributed by atoms with Crippen LogP contribution in [0.5, 0.6) is 0 Å². The van der Waals surface area contributed by atoms with Gasteiger partial charge in [-0.15, -0.1) is 0 Å². The van der Waals surface area contributed by atoms with Crippen molar-refractivity contribution in [3.8, 4) is 0 Å². The number of rotatable bonds is 5. The van der Waals surface area contributed by atoms with E-state index in [1.165, 1.54) is 12.1 Å². The zero-order valence-corrected chi connectivity index (χ0v) is 8.69. The molecule has 0 radical (unpaired) electrons. The monoisotopic (exact) mass is 206 g/mol. The predicted octanol–water partition coefficient (Wildman–Crippen LogP) is 2.26. The van der Waals surface area contributed by atoms with Gasteiger partial charge in [0, 0.05) is 25.2 Å². The van der Waals surface area contributed by atoms with Gasteiger partial charge in [0.1, 0.15) is 0 Å². The lowest BCUT2D eigenvalue weighted by Gasteiger charge is -2.03. The highest BCUT2D eigenvalue weighted by Gasteiger charge is 2.03. The van der Waals surface area contributed by atoms with Gasteiger partial charge in [0.25, 0.3) is 5.69 Å². The fourth-order valence-corrected chi connectivity index (χ4v) is 1.16. The molecule has 0 aliphatic carbocycles. The maximum absolute atomic E-state index is 10.4. The van der Waals surface area contributed by atoms with E-state index in [4.69, 9.17) is 0 Å². The van der Waals surface area contributed by atoms with Gasteiger partial charge in [-0.25, -0.2) is 0 Å². The van der Waals surface area contributed by atoms with Crippen molar-refractivity contribution in [1.82, 2.24) is 5.32 Å². The van der Waals surface area contributed by atoms with Crippen LogP contribution in [0.25, 0.3) is 0 Å². The second-order valence-electron chi connectivity index (χ2n) is 3.48. The number of hydrogen-bond acceptors (Lipinski definition) is 3. The Morgan fingerprint density at radius 2 is 2.07 bits per heavy atom. The Morgan fingerprint density at radius 3 is 2.53 bits per heavy atom. The molecule has 0 fully saturated rings. The number of nitrogens with one attached hydrogen (secondary N) is 1. The first-order valence-electron chi connectivity index (χ1n) is 4.68. The average molecular weight is 206 g/mol. The Bertz CT molecular complexity index is 357. The number of benzene rings is 1. The van der Waals surface area contributed by atoms with E-state index in [0.29, 0.717) is 6.54 Å². The Balaban J connectivity index is 2.50. The number of nitro groups is 1. The van der Waals surface area contributed by atoms with Crippen LogP contribution in [0.1, 0.15) is 12.5 Å². The molecule has 0 aliphatic heterocycles. The Hall–Kier alpha value is -1.68. The van der Waals surface area contributed by atoms with Gasteiger partial charge in [-0.3, -0.25) is 10.1 Å². The van der Waals surface area contributed by atoms with E-state index in [1.54, 1.807) is 12.1 Å². The summed E-state index contributed by atoms with van der Waals surface area (Å²) in [7, 11) is 0. The molecule has 0 saturated heterocycles. The predicted molar refractivity (Wildman–Crippen MR) is 59.6 cm³/mol. The summed E-state index contributed by atoms with van der Waals surface area (Å²) < 4.78 is 0. The van der Waals surface area contributed by atoms with Crippen LogP contribution in [0.3, 0.4) is 0 Å². The summed E-state index contributed by atoms with van der Waals surface area (Å²) in [6.07, 6.45) is 0. The Morgan fingerprint density at radius 1 is 1.47 bits per heavy atom. The van der Waals surface area contributed by atoms with Gasteiger partial charge < -0.3 is 5.32 Å². The van der Waals surface area contributed by atoms with Crippen molar-refractivity contribution in [3.63, 3.8) is 0 Å². The second-order valence-corrected chi connectivity index (χ2v) is 3.48. The highest BCUT2D eigenvalue weighted by Crippen LogP contribution is 2.11. The van der Waals surface area contributed by atoms with Crippen LogP contribution in [-0.4, -0.2) is 11.5 Å². The lowest BCUT2D eigenvalue weighted by Crippen LogP contribution is -2.14. The highest BCUT2D eigenvalue weighted by atomic mass is 16.6. The molecule has 1 rings (SSSR count). The van der Waals surface area contributed by atoms with E-state index in [0.717, 1.165) is 17.7 Å². The molecule has 1 aromatic rings. The maximum atomic E-state index is 10.4. The van der Waals surface area contributed by atoms with Crippen molar-refractivity contribution < 1.29 is 4.92 Å². The zero-order valence-electron chi connectivity index (χ0n) is 8.69. The van der Waals surface area contributed by atoms with Crippen LogP contribution in [-0.2, 0) is 6.54 Å². The zero-order chi connectivity index (χ0) is 11.3. The third-order valence-corrected chi connectivity index (χ3v) is 1.90. The maximum Gasteiger partial charge on any atom is 0.269 e. The molecule has 80 valence electrons. The van der Waals surface area contributed by atoms with Gasteiger partial charge in [0.15, 0.2) is 0 Å². The summed E-state index contributed by atoms with van der Waals surface area (Å²) in [6, 6.07) is 6.53. The lowest BCUT2D eigenvalue weighted by molar-refractivity contribution is -0.384.